The van der Waals surface area contributed by atoms with Gasteiger partial charge in [0, 0.05) is 58.4 Å². The van der Waals surface area contributed by atoms with E-state index in [1.54, 1.807) is 22.9 Å². The van der Waals surface area contributed by atoms with E-state index in [4.69, 9.17) is 14.7 Å². The van der Waals surface area contributed by atoms with Crippen LogP contribution in [0.1, 0.15) is 5.69 Å². The molecule has 11 heteroatoms. The van der Waals surface area contributed by atoms with Gasteiger partial charge in [0.15, 0.2) is 5.65 Å². The fraction of sp³-hybridized carbons (Fsp3) is 0.280. The van der Waals surface area contributed by atoms with Gasteiger partial charge >= 0.3 is 0 Å². The Balaban J connectivity index is 1.39. The number of fused-ring (bicyclic) bond motifs is 1. The first-order valence-corrected chi connectivity index (χ1v) is 11.8. The minimum absolute atomic E-state index is 0.280. The van der Waals surface area contributed by atoms with E-state index in [0.717, 1.165) is 78.2 Å². The zero-order valence-corrected chi connectivity index (χ0v) is 20.1. The number of rotatable bonds is 6. The van der Waals surface area contributed by atoms with Crippen molar-refractivity contribution in [3.8, 4) is 22.5 Å². The molecule has 1 aliphatic heterocycles. The summed E-state index contributed by atoms with van der Waals surface area (Å²) in [7, 11) is 3.78. The fourth-order valence-corrected chi connectivity index (χ4v) is 4.73. The highest BCUT2D eigenvalue weighted by atomic mass is 19.1. The predicted molar refractivity (Wildman–Crippen MR) is 134 cm³/mol. The molecule has 5 heterocycles. The van der Waals surface area contributed by atoms with Crippen molar-refractivity contribution in [2.45, 2.75) is 6.54 Å². The second-order valence-electron chi connectivity index (χ2n) is 8.83. The van der Waals surface area contributed by atoms with Gasteiger partial charge in [-0.2, -0.15) is 10.2 Å². The number of nitrogens with zero attached hydrogens (tertiary/aromatic N) is 8. The summed E-state index contributed by atoms with van der Waals surface area (Å²) in [5.41, 5.74) is 4.96. The number of aryl methyl sites for hydroxylation is 1. The lowest BCUT2D eigenvalue weighted by molar-refractivity contribution is 0.241. The summed E-state index contributed by atoms with van der Waals surface area (Å²) in [5.74, 6) is 1.45. The van der Waals surface area contributed by atoms with Crippen molar-refractivity contribution in [3.05, 3.63) is 66.4 Å². The van der Waals surface area contributed by atoms with Crippen LogP contribution in [0.2, 0.25) is 0 Å². The normalized spacial score (nSPS) is 14.6. The summed E-state index contributed by atoms with van der Waals surface area (Å²) >= 11 is 0. The Morgan fingerprint density at radius 3 is 2.53 bits per heavy atom. The molecule has 36 heavy (non-hydrogen) atoms. The third-order valence-corrected chi connectivity index (χ3v) is 6.52. The van der Waals surface area contributed by atoms with Crippen LogP contribution in [0.4, 0.5) is 16.0 Å². The highest BCUT2D eigenvalue weighted by Crippen LogP contribution is 2.39. The average molecular weight is 488 g/mol. The van der Waals surface area contributed by atoms with E-state index in [2.05, 4.69) is 25.3 Å². The smallest absolute Gasteiger partial charge is 0.156 e. The van der Waals surface area contributed by atoms with Crippen LogP contribution in [0.5, 0.6) is 0 Å². The molecule has 0 amide bonds. The lowest BCUT2D eigenvalue weighted by Gasteiger charge is -2.36. The quantitative estimate of drug-likeness (QED) is 0.390. The van der Waals surface area contributed by atoms with Crippen LogP contribution in [0.25, 0.3) is 28.2 Å². The highest BCUT2D eigenvalue weighted by Gasteiger charge is 2.28. The van der Waals surface area contributed by atoms with Crippen molar-refractivity contribution >= 4 is 17.3 Å². The van der Waals surface area contributed by atoms with Gasteiger partial charge < -0.3 is 14.7 Å². The molecule has 1 fully saturated rings. The van der Waals surface area contributed by atoms with E-state index in [9.17, 15) is 4.39 Å². The molecule has 1 aliphatic rings. The molecule has 0 spiro atoms. The van der Waals surface area contributed by atoms with Gasteiger partial charge in [-0.15, -0.1) is 0 Å². The van der Waals surface area contributed by atoms with Crippen molar-refractivity contribution in [2.24, 2.45) is 7.05 Å². The second kappa shape index (κ2) is 9.08. The first kappa shape index (κ1) is 22.2. The van der Waals surface area contributed by atoms with Gasteiger partial charge in [-0.1, -0.05) is 5.16 Å². The van der Waals surface area contributed by atoms with E-state index < -0.39 is 0 Å². The zero-order valence-electron chi connectivity index (χ0n) is 20.1. The van der Waals surface area contributed by atoms with Gasteiger partial charge in [-0.05, 0) is 36.4 Å². The maximum Gasteiger partial charge on any atom is 0.156 e. The Bertz CT molecular complexity index is 1480. The number of hydrogen-bond donors (Lipinski definition) is 1. The molecule has 0 bridgehead atoms. The number of benzene rings is 1. The molecule has 184 valence electrons. The molecule has 0 saturated carbocycles. The number of anilines is 2. The molecule has 6 rings (SSSR count). The fourth-order valence-electron chi connectivity index (χ4n) is 4.73. The van der Waals surface area contributed by atoms with Crippen LogP contribution >= 0.6 is 0 Å². The van der Waals surface area contributed by atoms with E-state index in [1.165, 1.54) is 12.1 Å². The molecular weight excluding hydrogens is 461 g/mol. The number of halogens is 1. The summed E-state index contributed by atoms with van der Waals surface area (Å²) in [6, 6.07) is 12.3. The standard InChI is InChI=1S/C25H26FN9O/c1-27-21-16-35-22(28-21)8-7-20(29-35)23-24(17-3-5-18(26)6-4-17)30-32(2)25(23)34-12-10-33(11-13-34)15-19-9-14-36-31-19/h3-9,14,16,27H,10-13,15H2,1-2H3. The molecule has 0 radical (unpaired) electrons. The van der Waals surface area contributed by atoms with E-state index in [-0.39, 0.29) is 5.82 Å². The summed E-state index contributed by atoms with van der Waals surface area (Å²) < 4.78 is 22.4. The van der Waals surface area contributed by atoms with Gasteiger partial charge in [0.05, 0.1) is 23.1 Å². The van der Waals surface area contributed by atoms with Crippen molar-refractivity contribution in [1.29, 1.82) is 0 Å². The molecular formula is C25H26FN9O. The summed E-state index contributed by atoms with van der Waals surface area (Å²) in [5, 5.41) is 16.9. The first-order valence-electron chi connectivity index (χ1n) is 11.8. The van der Waals surface area contributed by atoms with Crippen LogP contribution in [-0.2, 0) is 13.6 Å². The molecule has 0 atom stereocenters. The van der Waals surface area contributed by atoms with E-state index in [0.29, 0.717) is 0 Å². The first-order chi connectivity index (χ1) is 17.6. The van der Waals surface area contributed by atoms with Crippen LogP contribution in [0, 0.1) is 5.82 Å². The SMILES string of the molecule is CNc1cn2nc(-c3c(-c4ccc(F)cc4)nn(C)c3N3CCN(Cc4ccon4)CC3)ccc2n1. The van der Waals surface area contributed by atoms with Gasteiger partial charge in [-0.3, -0.25) is 9.58 Å². The van der Waals surface area contributed by atoms with Gasteiger partial charge in [0.25, 0.3) is 0 Å². The third kappa shape index (κ3) is 4.07. The molecule has 4 aromatic heterocycles. The molecule has 10 nitrogen and oxygen atoms in total. The number of imidazole rings is 1. The van der Waals surface area contributed by atoms with Crippen molar-refractivity contribution < 1.29 is 8.91 Å². The summed E-state index contributed by atoms with van der Waals surface area (Å²) in [4.78, 5) is 9.21. The Kier molecular flexibility index (Phi) is 5.61. The Hall–Kier alpha value is -4.25. The summed E-state index contributed by atoms with van der Waals surface area (Å²) in [6.07, 6.45) is 3.46. The van der Waals surface area contributed by atoms with Crippen LogP contribution in [-0.4, -0.2) is 67.7 Å². The highest BCUT2D eigenvalue weighted by molar-refractivity contribution is 5.88. The van der Waals surface area contributed by atoms with Crippen LogP contribution in [0.15, 0.2) is 59.4 Å². The molecule has 0 unspecified atom stereocenters. The number of aromatic nitrogens is 6. The minimum Gasteiger partial charge on any atom is -0.372 e. The lowest BCUT2D eigenvalue weighted by Crippen LogP contribution is -2.46. The average Bonchev–Trinajstić information content (AvgIpc) is 3.63. The van der Waals surface area contributed by atoms with E-state index in [1.807, 2.05) is 43.2 Å². The monoisotopic (exact) mass is 487 g/mol. The molecule has 1 saturated heterocycles. The maximum absolute atomic E-state index is 13.7. The van der Waals surface area contributed by atoms with Crippen molar-refractivity contribution in [3.63, 3.8) is 0 Å². The Morgan fingerprint density at radius 1 is 1.00 bits per heavy atom. The Labute approximate surface area is 206 Å². The minimum atomic E-state index is -0.280. The van der Waals surface area contributed by atoms with Gasteiger partial charge in [0.1, 0.15) is 29.4 Å². The van der Waals surface area contributed by atoms with Crippen molar-refractivity contribution in [2.75, 3.05) is 43.4 Å². The Morgan fingerprint density at radius 2 is 1.81 bits per heavy atom. The number of piperazine rings is 1. The van der Waals surface area contributed by atoms with Crippen molar-refractivity contribution in [1.82, 2.24) is 34.4 Å². The third-order valence-electron chi connectivity index (χ3n) is 6.52. The van der Waals surface area contributed by atoms with Gasteiger partial charge in [-0.25, -0.2) is 13.9 Å². The largest absolute Gasteiger partial charge is 0.372 e. The number of nitrogens with one attached hydrogen (secondary N) is 1. The number of hydrogen-bond acceptors (Lipinski definition) is 8. The zero-order chi connectivity index (χ0) is 24.6. The van der Waals surface area contributed by atoms with E-state index >= 15 is 0 Å². The summed E-state index contributed by atoms with van der Waals surface area (Å²) in [6.45, 7) is 4.16. The molecule has 0 aliphatic carbocycles. The van der Waals surface area contributed by atoms with Crippen LogP contribution in [0.3, 0.4) is 0 Å². The second-order valence-corrected chi connectivity index (χ2v) is 8.83. The predicted octanol–water partition coefficient (Wildman–Crippen LogP) is 3.29. The molecule has 5 aromatic rings. The van der Waals surface area contributed by atoms with Gasteiger partial charge in [0.2, 0.25) is 0 Å². The maximum atomic E-state index is 13.7. The molecule has 1 N–H and O–H groups in total. The lowest BCUT2D eigenvalue weighted by atomic mass is 10.0. The molecule has 1 aromatic carbocycles. The topological polar surface area (TPSA) is 92.6 Å². The van der Waals surface area contributed by atoms with Crippen LogP contribution < -0.4 is 10.2 Å².